The average Bonchev–Trinajstić information content (AvgIpc) is 2.17. The minimum atomic E-state index is -0.239. The lowest BCUT2D eigenvalue weighted by Crippen LogP contribution is -2.39. The van der Waals surface area contributed by atoms with Crippen LogP contribution in [0.3, 0.4) is 0 Å². The van der Waals surface area contributed by atoms with Crippen molar-refractivity contribution in [3.63, 3.8) is 0 Å². The molecule has 0 aliphatic carbocycles. The molecule has 4 nitrogen and oxygen atoms in total. The lowest BCUT2D eigenvalue weighted by atomic mass is 10.3. The van der Waals surface area contributed by atoms with Gasteiger partial charge in [-0.2, -0.15) is 0 Å². The first-order chi connectivity index (χ1) is 7.11. The van der Waals surface area contributed by atoms with Crippen LogP contribution in [-0.2, 0) is 0 Å². The van der Waals surface area contributed by atoms with Gasteiger partial charge in [0, 0.05) is 24.7 Å². The van der Waals surface area contributed by atoms with Gasteiger partial charge in [-0.15, -0.1) is 11.8 Å². The molecule has 0 aromatic heterocycles. The van der Waals surface area contributed by atoms with E-state index in [2.05, 4.69) is 10.7 Å². The van der Waals surface area contributed by atoms with Gasteiger partial charge >= 0.3 is 6.03 Å². The summed E-state index contributed by atoms with van der Waals surface area (Å²) in [5.41, 5.74) is 3.38. The fraction of sp³-hybridized carbons (Fsp3) is 0.300. The van der Waals surface area contributed by atoms with Crippen molar-refractivity contribution in [2.45, 2.75) is 4.90 Å². The number of nitrogens with zero attached hydrogens (tertiary/aromatic N) is 1. The van der Waals surface area contributed by atoms with Crippen LogP contribution in [0.4, 0.5) is 10.5 Å². The van der Waals surface area contributed by atoms with Gasteiger partial charge in [0.25, 0.3) is 0 Å². The molecule has 0 saturated carbocycles. The van der Waals surface area contributed by atoms with Crippen molar-refractivity contribution in [1.82, 2.24) is 10.4 Å². The summed E-state index contributed by atoms with van der Waals surface area (Å²) in [6.45, 7) is 0. The largest absolute Gasteiger partial charge is 0.333 e. The summed E-state index contributed by atoms with van der Waals surface area (Å²) in [6, 6.07) is 7.45. The first-order valence-electron chi connectivity index (χ1n) is 4.51. The smallest absolute Gasteiger partial charge is 0.307 e. The molecule has 0 heterocycles. The highest BCUT2D eigenvalue weighted by molar-refractivity contribution is 7.98. The van der Waals surface area contributed by atoms with Gasteiger partial charge in [0.15, 0.2) is 0 Å². The SMILES string of the molecule is CSc1ccc(NC(=O)NN(C)C)cc1. The number of hydrogen-bond donors (Lipinski definition) is 2. The predicted molar refractivity (Wildman–Crippen MR) is 64.1 cm³/mol. The van der Waals surface area contributed by atoms with Gasteiger partial charge < -0.3 is 5.32 Å². The third-order valence-corrected chi connectivity index (χ3v) is 2.42. The topological polar surface area (TPSA) is 44.4 Å². The number of nitrogens with one attached hydrogen (secondary N) is 2. The fourth-order valence-corrected chi connectivity index (χ4v) is 1.44. The molecule has 1 rings (SSSR count). The molecule has 0 unspecified atom stereocenters. The standard InChI is InChI=1S/C10H15N3OS/c1-13(2)12-10(14)11-8-4-6-9(15-3)7-5-8/h4-7H,1-3H3,(H2,11,12,14). The number of carbonyl (C=O) groups excluding carboxylic acids is 1. The van der Waals surface area contributed by atoms with E-state index >= 15 is 0 Å². The summed E-state index contributed by atoms with van der Waals surface area (Å²) < 4.78 is 0. The number of urea groups is 1. The van der Waals surface area contributed by atoms with Crippen molar-refractivity contribution < 1.29 is 4.79 Å². The highest BCUT2D eigenvalue weighted by Gasteiger charge is 2.01. The summed E-state index contributed by atoms with van der Waals surface area (Å²) in [6.07, 6.45) is 2.02. The number of benzene rings is 1. The molecule has 2 amide bonds. The van der Waals surface area contributed by atoms with Gasteiger partial charge in [-0.3, -0.25) is 5.43 Å². The van der Waals surface area contributed by atoms with Crippen LogP contribution in [0.5, 0.6) is 0 Å². The van der Waals surface area contributed by atoms with Crippen molar-refractivity contribution in [3.05, 3.63) is 24.3 Å². The zero-order valence-corrected chi connectivity index (χ0v) is 9.89. The van der Waals surface area contributed by atoms with Crippen LogP contribution in [-0.4, -0.2) is 31.4 Å². The molecule has 1 aromatic carbocycles. The molecule has 0 atom stereocenters. The lowest BCUT2D eigenvalue weighted by molar-refractivity contribution is 0.224. The van der Waals surface area contributed by atoms with Crippen LogP contribution >= 0.6 is 11.8 Å². The molecule has 0 radical (unpaired) electrons. The molecule has 0 aliphatic rings. The first-order valence-corrected chi connectivity index (χ1v) is 5.73. The highest BCUT2D eigenvalue weighted by atomic mass is 32.2. The van der Waals surface area contributed by atoms with E-state index in [4.69, 9.17) is 0 Å². The second kappa shape index (κ2) is 5.63. The first kappa shape index (κ1) is 11.9. The van der Waals surface area contributed by atoms with E-state index in [-0.39, 0.29) is 6.03 Å². The normalized spacial score (nSPS) is 10.1. The Bertz CT molecular complexity index is 324. The molecule has 0 fully saturated rings. The molecule has 82 valence electrons. The zero-order chi connectivity index (χ0) is 11.3. The van der Waals surface area contributed by atoms with Crippen LogP contribution in [0.25, 0.3) is 0 Å². The molecule has 1 aromatic rings. The number of hydrogen-bond acceptors (Lipinski definition) is 3. The Labute approximate surface area is 94.0 Å². The predicted octanol–water partition coefficient (Wildman–Crippen LogP) is 2.01. The Kier molecular flexibility index (Phi) is 4.45. The Hall–Kier alpha value is -1.20. The number of hydrazine groups is 1. The molecule has 2 N–H and O–H groups in total. The van der Waals surface area contributed by atoms with Gasteiger partial charge in [-0.25, -0.2) is 9.80 Å². The van der Waals surface area contributed by atoms with Gasteiger partial charge in [-0.05, 0) is 30.5 Å². The van der Waals surface area contributed by atoms with E-state index in [0.29, 0.717) is 0 Å². The number of amides is 2. The Morgan fingerprint density at radius 1 is 1.27 bits per heavy atom. The number of carbonyl (C=O) groups is 1. The summed E-state index contributed by atoms with van der Waals surface area (Å²) >= 11 is 1.67. The fourth-order valence-electron chi connectivity index (χ4n) is 1.04. The van der Waals surface area contributed by atoms with Crippen LogP contribution in [0, 0.1) is 0 Å². The quantitative estimate of drug-likeness (QED) is 0.611. The van der Waals surface area contributed by atoms with Gasteiger partial charge in [-0.1, -0.05) is 0 Å². The zero-order valence-electron chi connectivity index (χ0n) is 9.07. The Morgan fingerprint density at radius 3 is 2.33 bits per heavy atom. The van der Waals surface area contributed by atoms with Crippen LogP contribution in [0.15, 0.2) is 29.2 Å². The van der Waals surface area contributed by atoms with E-state index in [1.54, 1.807) is 30.9 Å². The molecule has 15 heavy (non-hydrogen) atoms. The van der Waals surface area contributed by atoms with Crippen molar-refractivity contribution in [2.75, 3.05) is 25.7 Å². The number of rotatable bonds is 3. The van der Waals surface area contributed by atoms with Crippen molar-refractivity contribution in [1.29, 1.82) is 0 Å². The Morgan fingerprint density at radius 2 is 1.87 bits per heavy atom. The molecule has 0 spiro atoms. The maximum Gasteiger partial charge on any atom is 0.333 e. The molecular weight excluding hydrogens is 210 g/mol. The van der Waals surface area contributed by atoms with Crippen LogP contribution in [0.2, 0.25) is 0 Å². The number of thioether (sulfide) groups is 1. The monoisotopic (exact) mass is 225 g/mol. The van der Waals surface area contributed by atoms with E-state index in [1.165, 1.54) is 4.90 Å². The molecule has 0 aliphatic heterocycles. The Balaban J connectivity index is 2.53. The third kappa shape index (κ3) is 4.22. The van der Waals surface area contributed by atoms with E-state index in [1.807, 2.05) is 30.5 Å². The minimum absolute atomic E-state index is 0.239. The van der Waals surface area contributed by atoms with Gasteiger partial charge in [0.2, 0.25) is 0 Å². The maximum atomic E-state index is 11.3. The molecule has 0 bridgehead atoms. The minimum Gasteiger partial charge on any atom is -0.307 e. The van der Waals surface area contributed by atoms with E-state index < -0.39 is 0 Å². The maximum absolute atomic E-state index is 11.3. The van der Waals surface area contributed by atoms with Crippen LogP contribution < -0.4 is 10.7 Å². The van der Waals surface area contributed by atoms with Crippen molar-refractivity contribution >= 4 is 23.5 Å². The molecular formula is C10H15N3OS. The summed E-state index contributed by atoms with van der Waals surface area (Å²) in [4.78, 5) is 12.5. The number of anilines is 1. The average molecular weight is 225 g/mol. The van der Waals surface area contributed by atoms with E-state index in [9.17, 15) is 4.79 Å². The van der Waals surface area contributed by atoms with Crippen molar-refractivity contribution in [3.8, 4) is 0 Å². The summed E-state index contributed by atoms with van der Waals surface area (Å²) in [5, 5.41) is 4.31. The molecule has 5 heteroatoms. The summed E-state index contributed by atoms with van der Waals surface area (Å²) in [5.74, 6) is 0. The lowest BCUT2D eigenvalue weighted by Gasteiger charge is -2.12. The van der Waals surface area contributed by atoms with Crippen molar-refractivity contribution in [2.24, 2.45) is 0 Å². The molecule has 0 saturated heterocycles. The highest BCUT2D eigenvalue weighted by Crippen LogP contribution is 2.17. The second-order valence-electron chi connectivity index (χ2n) is 3.19. The third-order valence-electron chi connectivity index (χ3n) is 1.67. The van der Waals surface area contributed by atoms with Gasteiger partial charge in [0.05, 0.1) is 0 Å². The van der Waals surface area contributed by atoms with Crippen LogP contribution in [0.1, 0.15) is 0 Å². The van der Waals surface area contributed by atoms with Gasteiger partial charge in [0.1, 0.15) is 0 Å². The van der Waals surface area contributed by atoms with E-state index in [0.717, 1.165) is 5.69 Å². The second-order valence-corrected chi connectivity index (χ2v) is 4.07. The summed E-state index contributed by atoms with van der Waals surface area (Å²) in [7, 11) is 3.52.